The van der Waals surface area contributed by atoms with Crippen LogP contribution in [-0.4, -0.2) is 35.5 Å². The Balaban J connectivity index is 1.37. The maximum atomic E-state index is 12.8. The van der Waals surface area contributed by atoms with Gasteiger partial charge in [-0.15, -0.1) is 0 Å². The van der Waals surface area contributed by atoms with Crippen molar-refractivity contribution < 1.29 is 9.59 Å². The number of nitrogens with one attached hydrogen (secondary N) is 2. The molecule has 2 N–H and O–H groups in total. The van der Waals surface area contributed by atoms with E-state index in [4.69, 9.17) is 0 Å². The van der Waals surface area contributed by atoms with Crippen molar-refractivity contribution >= 4 is 17.5 Å². The second-order valence-electron chi connectivity index (χ2n) is 8.76. The number of hydrogen-bond donors (Lipinski definition) is 2. The summed E-state index contributed by atoms with van der Waals surface area (Å²) in [5.74, 6) is -0.607. The van der Waals surface area contributed by atoms with Crippen molar-refractivity contribution in [2.75, 3.05) is 18.0 Å². The molecule has 2 amide bonds. The first-order valence-corrected chi connectivity index (χ1v) is 11.7. The minimum atomic E-state index is -0.437. The van der Waals surface area contributed by atoms with Gasteiger partial charge in [0, 0.05) is 37.6 Å². The zero-order valence-corrected chi connectivity index (χ0v) is 18.5. The number of hydrogen-bond acceptors (Lipinski definition) is 4. The Labute approximate surface area is 188 Å². The molecule has 1 saturated heterocycles. The molecule has 1 saturated carbocycles. The molecule has 1 aromatic heterocycles. The number of carbonyl (C=O) groups excluding carboxylic acids is 2. The highest BCUT2D eigenvalue weighted by Gasteiger charge is 2.20. The lowest BCUT2D eigenvalue weighted by atomic mass is 9.95. The zero-order valence-electron chi connectivity index (χ0n) is 18.5. The molecule has 0 spiro atoms. The molecule has 4 rings (SSSR count). The highest BCUT2D eigenvalue weighted by molar-refractivity contribution is 5.94. The predicted octanol–water partition coefficient (Wildman–Crippen LogP) is 2.83. The number of benzene rings is 1. The van der Waals surface area contributed by atoms with E-state index in [1.165, 1.54) is 29.9 Å². The normalized spacial score (nSPS) is 16.7. The van der Waals surface area contributed by atoms with Crippen molar-refractivity contribution in [1.82, 2.24) is 15.2 Å². The number of pyridine rings is 1. The van der Waals surface area contributed by atoms with Gasteiger partial charge in [-0.25, -0.2) is 0 Å². The van der Waals surface area contributed by atoms with Crippen molar-refractivity contribution in [1.29, 1.82) is 0 Å². The van der Waals surface area contributed by atoms with E-state index in [9.17, 15) is 14.4 Å². The number of rotatable bonds is 7. The molecule has 7 nitrogen and oxygen atoms in total. The summed E-state index contributed by atoms with van der Waals surface area (Å²) in [5.41, 5.74) is 1.87. The summed E-state index contributed by atoms with van der Waals surface area (Å²) in [5, 5.41) is 5.91. The Morgan fingerprint density at radius 2 is 1.69 bits per heavy atom. The molecule has 0 unspecified atom stereocenters. The van der Waals surface area contributed by atoms with E-state index in [1.807, 2.05) is 18.2 Å². The Hall–Kier alpha value is -3.09. The fourth-order valence-corrected chi connectivity index (χ4v) is 4.68. The molecule has 170 valence electrons. The molecule has 2 heterocycles. The Morgan fingerprint density at radius 1 is 0.938 bits per heavy atom. The summed E-state index contributed by atoms with van der Waals surface area (Å²) < 4.78 is 1.30. The van der Waals surface area contributed by atoms with Gasteiger partial charge in [0.15, 0.2) is 0 Å². The van der Waals surface area contributed by atoms with Gasteiger partial charge < -0.3 is 20.1 Å². The van der Waals surface area contributed by atoms with Crippen LogP contribution in [0, 0.1) is 0 Å². The molecule has 2 aliphatic rings. The largest absolute Gasteiger partial charge is 0.371 e. The van der Waals surface area contributed by atoms with E-state index in [0.717, 1.165) is 50.0 Å². The van der Waals surface area contributed by atoms with Gasteiger partial charge in [0.05, 0.1) is 0 Å². The molecule has 1 aromatic carbocycles. The lowest BCUT2D eigenvalue weighted by Gasteiger charge is -2.22. The van der Waals surface area contributed by atoms with Gasteiger partial charge in [-0.05, 0) is 49.4 Å². The van der Waals surface area contributed by atoms with Crippen LogP contribution in [0.5, 0.6) is 0 Å². The lowest BCUT2D eigenvalue weighted by Crippen LogP contribution is -2.40. The van der Waals surface area contributed by atoms with Crippen molar-refractivity contribution in [2.24, 2.45) is 0 Å². The number of carbonyl (C=O) groups is 2. The van der Waals surface area contributed by atoms with Crippen molar-refractivity contribution in [2.45, 2.75) is 64.1 Å². The molecule has 0 bridgehead atoms. The summed E-state index contributed by atoms with van der Waals surface area (Å²) in [6.07, 6.45) is 9.24. The zero-order chi connectivity index (χ0) is 22.3. The number of anilines is 1. The van der Waals surface area contributed by atoms with E-state index in [-0.39, 0.29) is 30.0 Å². The summed E-state index contributed by atoms with van der Waals surface area (Å²) in [4.78, 5) is 40.4. The molecule has 32 heavy (non-hydrogen) atoms. The quantitative estimate of drug-likeness (QED) is 0.699. The summed E-state index contributed by atoms with van der Waals surface area (Å²) in [7, 11) is 0. The highest BCUT2D eigenvalue weighted by Crippen LogP contribution is 2.24. The molecular formula is C25H32N4O3. The Bertz CT molecular complexity index is 1000. The van der Waals surface area contributed by atoms with Gasteiger partial charge in [0.25, 0.3) is 11.5 Å². The summed E-state index contributed by atoms with van der Waals surface area (Å²) in [6, 6.07) is 11.4. The standard InChI is InChI=1S/C25H32N4O3/c30-23(26-17-19-9-4-5-13-22(19)28-14-6-7-15-28)18-29-16-8-12-21(25(29)32)24(31)27-20-10-2-1-3-11-20/h4-5,8-9,12-13,16,20H,1-3,6-7,10-11,14-15,17-18H2,(H,26,30)(H,27,31). The first-order chi connectivity index (χ1) is 15.6. The minimum Gasteiger partial charge on any atom is -0.371 e. The Morgan fingerprint density at radius 3 is 2.47 bits per heavy atom. The van der Waals surface area contributed by atoms with Crippen LogP contribution in [0.2, 0.25) is 0 Å². The van der Waals surface area contributed by atoms with Crippen LogP contribution in [0.3, 0.4) is 0 Å². The number of aromatic nitrogens is 1. The number of para-hydroxylation sites is 1. The van der Waals surface area contributed by atoms with Crippen molar-refractivity contribution in [3.8, 4) is 0 Å². The van der Waals surface area contributed by atoms with Crippen LogP contribution >= 0.6 is 0 Å². The monoisotopic (exact) mass is 436 g/mol. The third-order valence-corrected chi connectivity index (χ3v) is 6.43. The topological polar surface area (TPSA) is 83.4 Å². The van der Waals surface area contributed by atoms with E-state index >= 15 is 0 Å². The second kappa shape index (κ2) is 10.5. The van der Waals surface area contributed by atoms with Crippen LogP contribution in [-0.2, 0) is 17.9 Å². The van der Waals surface area contributed by atoms with Crippen LogP contribution < -0.4 is 21.1 Å². The molecular weight excluding hydrogens is 404 g/mol. The lowest BCUT2D eigenvalue weighted by molar-refractivity contribution is -0.121. The molecule has 1 aliphatic carbocycles. The SMILES string of the molecule is O=C(Cn1cccc(C(=O)NC2CCCCC2)c1=O)NCc1ccccc1N1CCCC1. The molecule has 2 fully saturated rings. The van der Waals surface area contributed by atoms with Gasteiger partial charge in [0.2, 0.25) is 5.91 Å². The average molecular weight is 437 g/mol. The van der Waals surface area contributed by atoms with Crippen LogP contribution in [0.1, 0.15) is 60.9 Å². The highest BCUT2D eigenvalue weighted by atomic mass is 16.2. The maximum Gasteiger partial charge on any atom is 0.263 e. The van der Waals surface area contributed by atoms with Crippen LogP contribution in [0.25, 0.3) is 0 Å². The fraction of sp³-hybridized carbons (Fsp3) is 0.480. The molecule has 7 heteroatoms. The molecule has 0 atom stereocenters. The van der Waals surface area contributed by atoms with Crippen molar-refractivity contribution in [3.05, 3.63) is 64.1 Å². The minimum absolute atomic E-state index is 0.0882. The van der Waals surface area contributed by atoms with Gasteiger partial charge in [-0.2, -0.15) is 0 Å². The van der Waals surface area contributed by atoms with Gasteiger partial charge in [-0.3, -0.25) is 14.4 Å². The molecule has 1 aliphatic heterocycles. The Kier molecular flexibility index (Phi) is 7.24. The third kappa shape index (κ3) is 5.39. The van der Waals surface area contributed by atoms with E-state index in [0.29, 0.717) is 6.54 Å². The number of amides is 2. The van der Waals surface area contributed by atoms with Gasteiger partial charge in [-0.1, -0.05) is 37.5 Å². The fourth-order valence-electron chi connectivity index (χ4n) is 4.68. The van der Waals surface area contributed by atoms with Gasteiger partial charge in [0.1, 0.15) is 12.1 Å². The smallest absolute Gasteiger partial charge is 0.263 e. The van der Waals surface area contributed by atoms with Crippen molar-refractivity contribution in [3.63, 3.8) is 0 Å². The second-order valence-corrected chi connectivity index (χ2v) is 8.76. The molecule has 2 aromatic rings. The number of nitrogens with zero attached hydrogens (tertiary/aromatic N) is 2. The predicted molar refractivity (Wildman–Crippen MR) is 125 cm³/mol. The third-order valence-electron chi connectivity index (χ3n) is 6.43. The maximum absolute atomic E-state index is 12.8. The average Bonchev–Trinajstić information content (AvgIpc) is 3.35. The van der Waals surface area contributed by atoms with E-state index in [2.05, 4.69) is 21.6 Å². The summed E-state index contributed by atoms with van der Waals surface area (Å²) >= 11 is 0. The van der Waals surface area contributed by atoms with Crippen LogP contribution in [0.4, 0.5) is 5.69 Å². The van der Waals surface area contributed by atoms with Crippen LogP contribution in [0.15, 0.2) is 47.4 Å². The first-order valence-electron chi connectivity index (χ1n) is 11.7. The summed E-state index contributed by atoms with van der Waals surface area (Å²) in [6.45, 7) is 2.36. The van der Waals surface area contributed by atoms with E-state index < -0.39 is 5.56 Å². The van der Waals surface area contributed by atoms with Gasteiger partial charge >= 0.3 is 0 Å². The van der Waals surface area contributed by atoms with E-state index in [1.54, 1.807) is 12.3 Å². The molecule has 0 radical (unpaired) electrons. The first kappa shape index (κ1) is 22.1.